The van der Waals surface area contributed by atoms with Gasteiger partial charge >= 0.3 is 0 Å². The van der Waals surface area contributed by atoms with Crippen LogP contribution in [0.3, 0.4) is 0 Å². The molecule has 0 spiro atoms. The van der Waals surface area contributed by atoms with Crippen molar-refractivity contribution < 1.29 is 22.7 Å². The number of rotatable bonds is 9. The van der Waals surface area contributed by atoms with Crippen LogP contribution in [0.2, 0.25) is 0 Å². The second kappa shape index (κ2) is 9.65. The molecule has 158 valence electrons. The summed E-state index contributed by atoms with van der Waals surface area (Å²) in [6.07, 6.45) is 1.07. The van der Waals surface area contributed by atoms with E-state index < -0.39 is 22.0 Å². The lowest BCUT2D eigenvalue weighted by Gasteiger charge is -2.29. The highest BCUT2D eigenvalue weighted by atomic mass is 32.2. The summed E-state index contributed by atoms with van der Waals surface area (Å²) in [6.45, 7) is 5.61. The van der Waals surface area contributed by atoms with Gasteiger partial charge in [0.2, 0.25) is 15.9 Å². The Morgan fingerprint density at radius 2 is 1.59 bits per heavy atom. The van der Waals surface area contributed by atoms with Crippen LogP contribution < -0.4 is 19.1 Å². The van der Waals surface area contributed by atoms with E-state index in [0.717, 1.165) is 16.1 Å². The minimum Gasteiger partial charge on any atom is -0.497 e. The van der Waals surface area contributed by atoms with Gasteiger partial charge in [0, 0.05) is 0 Å². The molecule has 0 aliphatic heterocycles. The number of sulfonamides is 1. The Labute approximate surface area is 172 Å². The molecule has 0 saturated heterocycles. The van der Waals surface area contributed by atoms with E-state index in [0.29, 0.717) is 17.2 Å². The van der Waals surface area contributed by atoms with Crippen molar-refractivity contribution in [3.05, 3.63) is 54.1 Å². The van der Waals surface area contributed by atoms with Gasteiger partial charge in [-0.2, -0.15) is 0 Å². The molecule has 2 aromatic rings. The zero-order valence-corrected chi connectivity index (χ0v) is 18.2. The van der Waals surface area contributed by atoms with Gasteiger partial charge in [0.05, 0.1) is 25.1 Å². The fraction of sp³-hybridized carbons (Fsp3) is 0.381. The largest absolute Gasteiger partial charge is 0.497 e. The summed E-state index contributed by atoms with van der Waals surface area (Å²) < 4.78 is 36.6. The predicted molar refractivity (Wildman–Crippen MR) is 114 cm³/mol. The summed E-state index contributed by atoms with van der Waals surface area (Å²) in [4.78, 5) is 12.7. The van der Waals surface area contributed by atoms with Crippen LogP contribution in [-0.4, -0.2) is 46.4 Å². The summed E-state index contributed by atoms with van der Waals surface area (Å²) in [5.41, 5.74) is 1.52. The van der Waals surface area contributed by atoms with Gasteiger partial charge in [-0.15, -0.1) is 0 Å². The first kappa shape index (κ1) is 22.5. The van der Waals surface area contributed by atoms with Gasteiger partial charge in [0.1, 0.15) is 24.1 Å². The van der Waals surface area contributed by atoms with Crippen molar-refractivity contribution in [2.45, 2.75) is 32.9 Å². The van der Waals surface area contributed by atoms with Crippen molar-refractivity contribution >= 4 is 21.6 Å². The van der Waals surface area contributed by atoms with Crippen molar-refractivity contribution in [3.63, 3.8) is 0 Å². The van der Waals surface area contributed by atoms with E-state index in [1.165, 1.54) is 7.11 Å². The molecule has 0 bridgehead atoms. The Morgan fingerprint density at radius 3 is 2.10 bits per heavy atom. The molecule has 8 heteroatoms. The minimum atomic E-state index is -3.68. The van der Waals surface area contributed by atoms with Gasteiger partial charge in [-0.3, -0.25) is 9.10 Å². The van der Waals surface area contributed by atoms with Crippen molar-refractivity contribution in [2.75, 3.05) is 24.3 Å². The summed E-state index contributed by atoms with van der Waals surface area (Å²) in [5, 5.41) is 2.81. The molecule has 0 fully saturated rings. The van der Waals surface area contributed by atoms with Gasteiger partial charge in [0.15, 0.2) is 0 Å². The van der Waals surface area contributed by atoms with Crippen LogP contribution in [0, 0.1) is 6.92 Å². The Bertz CT molecular complexity index is 911. The summed E-state index contributed by atoms with van der Waals surface area (Å²) in [6, 6.07) is 12.9. The molecule has 1 N–H and O–H groups in total. The van der Waals surface area contributed by atoms with Crippen LogP contribution in [0.5, 0.6) is 11.5 Å². The van der Waals surface area contributed by atoms with E-state index >= 15 is 0 Å². The molecule has 0 aliphatic rings. The monoisotopic (exact) mass is 420 g/mol. The third kappa shape index (κ3) is 6.39. The van der Waals surface area contributed by atoms with E-state index in [2.05, 4.69) is 5.32 Å². The smallest absolute Gasteiger partial charge is 0.243 e. The number of carbonyl (C=O) groups excluding carboxylic acids is 1. The first-order valence-corrected chi connectivity index (χ1v) is 11.1. The summed E-state index contributed by atoms with van der Waals surface area (Å²) >= 11 is 0. The SMILES string of the molecule is COc1ccc(N(C(C)C(=O)NC(C)COc2ccc(C)cc2)S(C)(=O)=O)cc1. The highest BCUT2D eigenvalue weighted by Crippen LogP contribution is 2.24. The molecular weight excluding hydrogens is 392 g/mol. The van der Waals surface area contributed by atoms with Crippen molar-refractivity contribution in [2.24, 2.45) is 0 Å². The van der Waals surface area contributed by atoms with E-state index in [-0.39, 0.29) is 12.6 Å². The summed E-state index contributed by atoms with van der Waals surface area (Å²) in [7, 11) is -2.15. The third-order valence-corrected chi connectivity index (χ3v) is 5.57. The Kier molecular flexibility index (Phi) is 7.50. The number of nitrogens with zero attached hydrogens (tertiary/aromatic N) is 1. The fourth-order valence-corrected chi connectivity index (χ4v) is 3.97. The molecule has 1 amide bonds. The number of amides is 1. The van der Waals surface area contributed by atoms with Crippen LogP contribution in [-0.2, 0) is 14.8 Å². The van der Waals surface area contributed by atoms with Gasteiger partial charge in [-0.1, -0.05) is 17.7 Å². The van der Waals surface area contributed by atoms with Crippen LogP contribution in [0.1, 0.15) is 19.4 Å². The van der Waals surface area contributed by atoms with Crippen molar-refractivity contribution in [1.29, 1.82) is 0 Å². The fourth-order valence-electron chi connectivity index (χ4n) is 2.80. The highest BCUT2D eigenvalue weighted by Gasteiger charge is 2.29. The lowest BCUT2D eigenvalue weighted by molar-refractivity contribution is -0.122. The van der Waals surface area contributed by atoms with Crippen molar-refractivity contribution in [1.82, 2.24) is 5.32 Å². The molecule has 2 aromatic carbocycles. The van der Waals surface area contributed by atoms with Gasteiger partial charge in [0.25, 0.3) is 0 Å². The minimum absolute atomic E-state index is 0.267. The predicted octanol–water partition coefficient (Wildman–Crippen LogP) is 2.74. The number of anilines is 1. The standard InChI is InChI=1S/C21H28N2O5S/c1-15-6-10-20(11-7-15)28-14-16(2)22-21(24)17(3)23(29(5,25)26)18-8-12-19(27-4)13-9-18/h6-13,16-17H,14H2,1-5H3,(H,22,24). The third-order valence-electron chi connectivity index (χ3n) is 4.33. The Morgan fingerprint density at radius 1 is 1.03 bits per heavy atom. The van der Waals surface area contributed by atoms with Crippen LogP contribution in [0.4, 0.5) is 5.69 Å². The molecule has 0 aromatic heterocycles. The second-order valence-electron chi connectivity index (χ2n) is 6.97. The maximum absolute atomic E-state index is 12.7. The number of benzene rings is 2. The first-order valence-electron chi connectivity index (χ1n) is 9.25. The zero-order valence-electron chi connectivity index (χ0n) is 17.4. The van der Waals surface area contributed by atoms with E-state index in [1.807, 2.05) is 31.2 Å². The Balaban J connectivity index is 2.04. The molecule has 7 nitrogen and oxygen atoms in total. The molecule has 0 aliphatic carbocycles. The van der Waals surface area contributed by atoms with Crippen molar-refractivity contribution in [3.8, 4) is 11.5 Å². The molecule has 29 heavy (non-hydrogen) atoms. The number of aryl methyl sites for hydroxylation is 1. The van der Waals surface area contributed by atoms with E-state index in [9.17, 15) is 13.2 Å². The van der Waals surface area contributed by atoms with E-state index in [1.54, 1.807) is 38.1 Å². The molecule has 2 unspecified atom stereocenters. The number of carbonyl (C=O) groups is 1. The Hall–Kier alpha value is -2.74. The average Bonchev–Trinajstić information content (AvgIpc) is 2.67. The van der Waals surface area contributed by atoms with Crippen LogP contribution >= 0.6 is 0 Å². The molecule has 0 heterocycles. The zero-order chi connectivity index (χ0) is 21.6. The highest BCUT2D eigenvalue weighted by molar-refractivity contribution is 7.92. The maximum atomic E-state index is 12.7. The van der Waals surface area contributed by atoms with Crippen LogP contribution in [0.25, 0.3) is 0 Å². The number of hydrogen-bond donors (Lipinski definition) is 1. The van der Waals surface area contributed by atoms with E-state index in [4.69, 9.17) is 9.47 Å². The number of methoxy groups -OCH3 is 1. The van der Waals surface area contributed by atoms with Gasteiger partial charge < -0.3 is 14.8 Å². The topological polar surface area (TPSA) is 84.9 Å². The van der Waals surface area contributed by atoms with Gasteiger partial charge in [-0.25, -0.2) is 8.42 Å². The van der Waals surface area contributed by atoms with Gasteiger partial charge in [-0.05, 0) is 57.2 Å². The second-order valence-corrected chi connectivity index (χ2v) is 8.83. The number of hydrogen-bond acceptors (Lipinski definition) is 5. The average molecular weight is 421 g/mol. The molecule has 0 saturated carbocycles. The molecule has 2 rings (SSSR count). The number of nitrogens with one attached hydrogen (secondary N) is 1. The number of ether oxygens (including phenoxy) is 2. The maximum Gasteiger partial charge on any atom is 0.243 e. The molecule has 0 radical (unpaired) electrons. The lowest BCUT2D eigenvalue weighted by Crippen LogP contribution is -2.50. The lowest BCUT2D eigenvalue weighted by atomic mass is 10.2. The molecule has 2 atom stereocenters. The quantitative estimate of drug-likeness (QED) is 0.674. The summed E-state index contributed by atoms with van der Waals surface area (Å²) in [5.74, 6) is 0.896. The molecular formula is C21H28N2O5S. The normalized spacial score (nSPS) is 13.3. The van der Waals surface area contributed by atoms with Crippen LogP contribution in [0.15, 0.2) is 48.5 Å². The first-order chi connectivity index (χ1) is 13.6.